The van der Waals surface area contributed by atoms with Crippen molar-refractivity contribution in [1.82, 2.24) is 4.90 Å². The highest BCUT2D eigenvalue weighted by Crippen LogP contribution is 2.32. The van der Waals surface area contributed by atoms with Crippen LogP contribution in [-0.4, -0.2) is 43.5 Å². The molecule has 3 aromatic rings. The van der Waals surface area contributed by atoms with Crippen molar-refractivity contribution in [3.63, 3.8) is 0 Å². The molecule has 154 valence electrons. The lowest BCUT2D eigenvalue weighted by atomic mass is 10.0. The van der Waals surface area contributed by atoms with Crippen LogP contribution in [0.2, 0.25) is 0 Å². The number of ether oxygens (including phenoxy) is 2. The Hall–Kier alpha value is -3.38. The first-order valence-electron chi connectivity index (χ1n) is 9.89. The van der Waals surface area contributed by atoms with Crippen LogP contribution in [0.15, 0.2) is 54.6 Å². The summed E-state index contributed by atoms with van der Waals surface area (Å²) >= 11 is 0. The Bertz CT molecular complexity index is 1110. The lowest BCUT2D eigenvalue weighted by Crippen LogP contribution is -2.28. The van der Waals surface area contributed by atoms with Crippen molar-refractivity contribution in [3.05, 3.63) is 65.7 Å². The largest absolute Gasteiger partial charge is 0.454 e. The number of hydrogen-bond acceptors (Lipinski definition) is 5. The number of ketones is 1. The second-order valence-electron chi connectivity index (χ2n) is 7.56. The number of benzene rings is 3. The molecule has 0 fully saturated rings. The molecule has 0 spiro atoms. The highest BCUT2D eigenvalue weighted by Gasteiger charge is 2.14. The summed E-state index contributed by atoms with van der Waals surface area (Å²) in [5.41, 5.74) is 2.58. The van der Waals surface area contributed by atoms with Gasteiger partial charge in [-0.2, -0.15) is 0 Å². The van der Waals surface area contributed by atoms with Crippen LogP contribution in [0, 0.1) is 0 Å². The molecule has 0 saturated carbocycles. The van der Waals surface area contributed by atoms with Crippen LogP contribution in [0.5, 0.6) is 11.5 Å². The first kappa shape index (κ1) is 19.9. The number of nitrogens with one attached hydrogen (secondary N) is 1. The molecule has 0 unspecified atom stereocenters. The van der Waals surface area contributed by atoms with Gasteiger partial charge in [-0.05, 0) is 60.1 Å². The van der Waals surface area contributed by atoms with E-state index in [1.165, 1.54) is 6.92 Å². The lowest BCUT2D eigenvalue weighted by molar-refractivity contribution is -0.114. The van der Waals surface area contributed by atoms with E-state index in [1.54, 1.807) is 0 Å². The quantitative estimate of drug-likeness (QED) is 0.605. The van der Waals surface area contributed by atoms with Crippen molar-refractivity contribution in [2.75, 3.05) is 32.2 Å². The molecule has 1 amide bonds. The SMILES string of the molecule is CC(=O)Nc1ccc2cc(C(=O)CN(C)CCc3ccc4c(c3)OCO4)ccc2c1. The summed E-state index contributed by atoms with van der Waals surface area (Å²) < 4.78 is 10.8. The average Bonchev–Trinajstić information content (AvgIpc) is 3.19. The molecule has 6 nitrogen and oxygen atoms in total. The van der Waals surface area contributed by atoms with Gasteiger partial charge in [-0.3, -0.25) is 14.5 Å². The Morgan fingerprint density at radius 3 is 2.57 bits per heavy atom. The van der Waals surface area contributed by atoms with E-state index in [0.717, 1.165) is 46.5 Å². The fourth-order valence-corrected chi connectivity index (χ4v) is 3.53. The number of rotatable bonds is 7. The molecule has 1 aliphatic heterocycles. The van der Waals surface area contributed by atoms with E-state index < -0.39 is 0 Å². The molecule has 0 bridgehead atoms. The smallest absolute Gasteiger partial charge is 0.231 e. The third kappa shape index (κ3) is 4.60. The van der Waals surface area contributed by atoms with Gasteiger partial charge in [0.15, 0.2) is 17.3 Å². The molecule has 1 aliphatic rings. The van der Waals surface area contributed by atoms with Gasteiger partial charge >= 0.3 is 0 Å². The Kier molecular flexibility index (Phi) is 5.68. The van der Waals surface area contributed by atoms with Gasteiger partial charge in [-0.1, -0.05) is 24.3 Å². The molecule has 6 heteroatoms. The van der Waals surface area contributed by atoms with Crippen LogP contribution in [0.1, 0.15) is 22.8 Å². The number of fused-ring (bicyclic) bond motifs is 2. The predicted molar refractivity (Wildman–Crippen MR) is 116 cm³/mol. The number of likely N-dealkylation sites (N-methyl/N-ethyl adjacent to an activating group) is 1. The highest BCUT2D eigenvalue weighted by molar-refractivity contribution is 6.02. The molecular formula is C24H24N2O4. The van der Waals surface area contributed by atoms with E-state index in [1.807, 2.05) is 66.5 Å². The van der Waals surface area contributed by atoms with Gasteiger partial charge in [0.25, 0.3) is 0 Å². The van der Waals surface area contributed by atoms with Gasteiger partial charge in [-0.25, -0.2) is 0 Å². The minimum absolute atomic E-state index is 0.0797. The van der Waals surface area contributed by atoms with Crippen molar-refractivity contribution >= 4 is 28.2 Å². The molecule has 0 radical (unpaired) electrons. The van der Waals surface area contributed by atoms with Gasteiger partial charge in [0.05, 0.1) is 6.54 Å². The van der Waals surface area contributed by atoms with Gasteiger partial charge < -0.3 is 14.8 Å². The second kappa shape index (κ2) is 8.55. The summed E-state index contributed by atoms with van der Waals surface area (Å²) in [6, 6.07) is 17.3. The van der Waals surface area contributed by atoms with E-state index in [9.17, 15) is 9.59 Å². The van der Waals surface area contributed by atoms with E-state index in [-0.39, 0.29) is 18.5 Å². The number of carbonyl (C=O) groups is 2. The van der Waals surface area contributed by atoms with Crippen LogP contribution >= 0.6 is 0 Å². The number of amides is 1. The number of Topliss-reactive ketones (excluding diaryl/α,β-unsaturated/α-hetero) is 1. The lowest BCUT2D eigenvalue weighted by Gasteiger charge is -2.16. The van der Waals surface area contributed by atoms with Gasteiger partial charge in [0, 0.05) is 24.7 Å². The molecule has 1 N–H and O–H groups in total. The number of nitrogens with zero attached hydrogens (tertiary/aromatic N) is 1. The standard InChI is InChI=1S/C24H24N2O4/c1-16(27)25-21-7-6-18-12-20(5-4-19(18)13-21)22(28)14-26(2)10-9-17-3-8-23-24(11-17)30-15-29-23/h3-8,11-13H,9-10,14-15H2,1-2H3,(H,25,27). The van der Waals surface area contributed by atoms with Crippen molar-refractivity contribution in [1.29, 1.82) is 0 Å². The zero-order valence-electron chi connectivity index (χ0n) is 17.1. The molecule has 0 aromatic heterocycles. The van der Waals surface area contributed by atoms with Crippen LogP contribution in [0.3, 0.4) is 0 Å². The summed E-state index contributed by atoms with van der Waals surface area (Å²) in [5.74, 6) is 1.53. The topological polar surface area (TPSA) is 67.9 Å². The summed E-state index contributed by atoms with van der Waals surface area (Å²) in [4.78, 5) is 26.0. The Labute approximate surface area is 175 Å². The van der Waals surface area contributed by atoms with E-state index in [2.05, 4.69) is 5.32 Å². The molecule has 0 aliphatic carbocycles. The molecule has 1 heterocycles. The highest BCUT2D eigenvalue weighted by atomic mass is 16.7. The third-order valence-electron chi connectivity index (χ3n) is 5.12. The predicted octanol–water partition coefficient (Wildman–Crippen LogP) is 3.88. The van der Waals surface area contributed by atoms with E-state index >= 15 is 0 Å². The molecule has 0 saturated heterocycles. The van der Waals surface area contributed by atoms with Crippen molar-refractivity contribution in [3.8, 4) is 11.5 Å². The van der Waals surface area contributed by atoms with Crippen LogP contribution < -0.4 is 14.8 Å². The number of anilines is 1. The Balaban J connectivity index is 1.36. The average molecular weight is 404 g/mol. The van der Waals surface area contributed by atoms with Crippen LogP contribution in [-0.2, 0) is 11.2 Å². The summed E-state index contributed by atoms with van der Waals surface area (Å²) in [6.45, 7) is 2.86. The fraction of sp³-hybridized carbons (Fsp3) is 0.250. The van der Waals surface area contributed by atoms with Crippen LogP contribution in [0.25, 0.3) is 10.8 Å². The maximum Gasteiger partial charge on any atom is 0.231 e. The Morgan fingerprint density at radius 2 is 1.73 bits per heavy atom. The summed E-state index contributed by atoms with van der Waals surface area (Å²) in [5, 5.41) is 4.73. The maximum absolute atomic E-state index is 12.7. The normalized spacial score (nSPS) is 12.4. The molecule has 3 aromatic carbocycles. The summed E-state index contributed by atoms with van der Waals surface area (Å²) in [7, 11) is 1.95. The minimum Gasteiger partial charge on any atom is -0.454 e. The fourth-order valence-electron chi connectivity index (χ4n) is 3.53. The molecule has 4 rings (SSSR count). The minimum atomic E-state index is -0.107. The van der Waals surface area contributed by atoms with Crippen molar-refractivity contribution in [2.45, 2.75) is 13.3 Å². The zero-order chi connectivity index (χ0) is 21.1. The van der Waals surface area contributed by atoms with Gasteiger partial charge in [0.2, 0.25) is 12.7 Å². The third-order valence-corrected chi connectivity index (χ3v) is 5.12. The van der Waals surface area contributed by atoms with E-state index in [0.29, 0.717) is 12.1 Å². The monoisotopic (exact) mass is 404 g/mol. The van der Waals surface area contributed by atoms with Crippen LogP contribution in [0.4, 0.5) is 5.69 Å². The van der Waals surface area contributed by atoms with E-state index in [4.69, 9.17) is 9.47 Å². The zero-order valence-corrected chi connectivity index (χ0v) is 17.1. The number of hydrogen-bond donors (Lipinski definition) is 1. The maximum atomic E-state index is 12.7. The molecular weight excluding hydrogens is 380 g/mol. The van der Waals surface area contributed by atoms with Crippen molar-refractivity contribution in [2.24, 2.45) is 0 Å². The first-order valence-corrected chi connectivity index (χ1v) is 9.89. The summed E-state index contributed by atoms with van der Waals surface area (Å²) in [6.07, 6.45) is 0.823. The molecule has 30 heavy (non-hydrogen) atoms. The van der Waals surface area contributed by atoms with Crippen molar-refractivity contribution < 1.29 is 19.1 Å². The van der Waals surface area contributed by atoms with Gasteiger partial charge in [-0.15, -0.1) is 0 Å². The number of carbonyl (C=O) groups excluding carboxylic acids is 2. The molecule has 0 atom stereocenters. The first-order chi connectivity index (χ1) is 14.5. The van der Waals surface area contributed by atoms with Gasteiger partial charge in [0.1, 0.15) is 0 Å². The second-order valence-corrected chi connectivity index (χ2v) is 7.56. The Morgan fingerprint density at radius 1 is 0.967 bits per heavy atom.